The van der Waals surface area contributed by atoms with Gasteiger partial charge in [0.25, 0.3) is 0 Å². The summed E-state index contributed by atoms with van der Waals surface area (Å²) in [5, 5.41) is 0. The fourth-order valence-corrected chi connectivity index (χ4v) is 23.4. The van der Waals surface area contributed by atoms with Gasteiger partial charge in [-0.1, -0.05) is 248 Å². The predicted octanol–water partition coefficient (Wildman–Crippen LogP) is 28.4. The summed E-state index contributed by atoms with van der Waals surface area (Å²) in [4.78, 5) is 0. The normalized spacial score (nSPS) is 35.1. The second-order valence-corrected chi connectivity index (χ2v) is 45.9. The third-order valence-electron chi connectivity index (χ3n) is 28.1. The van der Waals surface area contributed by atoms with Crippen molar-refractivity contribution in [2.24, 2.45) is 117 Å². The van der Waals surface area contributed by atoms with Crippen LogP contribution >= 0.6 is 34.1 Å². The molecule has 100 heavy (non-hydrogen) atoms. The van der Waals surface area contributed by atoms with Crippen molar-refractivity contribution >= 4 is 34.1 Å². The molecule has 8 fully saturated rings. The molecule has 8 saturated carbocycles. The zero-order chi connectivity index (χ0) is 70.1. The van der Waals surface area contributed by atoms with Crippen LogP contribution in [0.25, 0.3) is 0 Å². The first-order valence-corrected chi connectivity index (χ1v) is 51.2. The van der Waals surface area contributed by atoms with E-state index < -0.39 is 41.7 Å². The number of halogens is 4. The van der Waals surface area contributed by atoms with Gasteiger partial charge in [0.2, 0.25) is 0 Å². The van der Waals surface area contributed by atoms with E-state index in [0.717, 1.165) is 107 Å². The van der Waals surface area contributed by atoms with Crippen LogP contribution in [-0.4, -0.2) is 26.4 Å². The van der Waals surface area contributed by atoms with E-state index >= 15 is 0 Å². The Kier molecular flexibility index (Phi) is 34.2. The van der Waals surface area contributed by atoms with Gasteiger partial charge in [-0.25, -0.2) is 0 Å². The van der Waals surface area contributed by atoms with Crippen LogP contribution in [0.15, 0.2) is 103 Å². The Morgan fingerprint density at radius 3 is 0.890 bits per heavy atom. The van der Waals surface area contributed by atoms with Crippen molar-refractivity contribution < 1.29 is 51.2 Å². The quantitative estimate of drug-likeness (QED) is 0.147. The van der Waals surface area contributed by atoms with E-state index in [-0.39, 0.29) is 56.8 Å². The first kappa shape index (κ1) is 90.3. The first-order chi connectivity index (χ1) is 45.2. The topological polar surface area (TPSA) is 18.5 Å². The van der Waals surface area contributed by atoms with E-state index in [0.29, 0.717) is 35.9 Å². The van der Waals surface area contributed by atoms with Crippen LogP contribution in [0.5, 0.6) is 0 Å². The minimum absolute atomic E-state index is 0. The molecule has 0 saturated heterocycles. The number of hydrogen-bond donors (Lipinski definition) is 0. The van der Waals surface area contributed by atoms with Crippen molar-refractivity contribution in [1.82, 2.24) is 0 Å². The van der Waals surface area contributed by atoms with Crippen LogP contribution < -0.4 is 0 Å². The second kappa shape index (κ2) is 37.9. The molecule has 8 aliphatic rings. The minimum atomic E-state index is -0.826. The summed E-state index contributed by atoms with van der Waals surface area (Å²) in [5.74, 6) is 17.2. The van der Waals surface area contributed by atoms with Crippen LogP contribution in [0.1, 0.15) is 284 Å². The molecule has 0 bridgehead atoms. The fraction of sp³-hybridized carbons (Fsp3) is 0.696. The maximum absolute atomic E-state index is 6.57. The van der Waals surface area contributed by atoms with Gasteiger partial charge >= 0.3 is 75.7 Å². The van der Waals surface area contributed by atoms with Gasteiger partial charge in [0.1, 0.15) is 0 Å². The van der Waals surface area contributed by atoms with E-state index in [1.165, 1.54) is 118 Å². The number of fused-ring (bicyclic) bond motifs is 4. The molecule has 560 valence electrons. The second-order valence-electron chi connectivity index (χ2n) is 38.4. The van der Waals surface area contributed by atoms with Gasteiger partial charge in [-0.05, 0) is 261 Å². The molecule has 8 heteroatoms. The van der Waals surface area contributed by atoms with Gasteiger partial charge in [0.15, 0.2) is 0 Å². The average Bonchev–Trinajstić information content (AvgIpc) is 1.54. The molecule has 4 aromatic carbocycles. The predicted molar refractivity (Wildman–Crippen MR) is 433 cm³/mol. The van der Waals surface area contributed by atoms with Gasteiger partial charge in [-0.2, -0.15) is 0 Å². The van der Waals surface area contributed by atoms with Crippen LogP contribution in [-0.2, 0) is 67.4 Å². The van der Waals surface area contributed by atoms with Gasteiger partial charge < -0.3 is 39.2 Å². The molecular formula is C92H144Cl4O2Zr2. The molecule has 0 N–H and O–H groups in total. The Hall–Kier alpha value is -0.274. The van der Waals surface area contributed by atoms with Crippen molar-refractivity contribution in [2.75, 3.05) is 14.2 Å². The third-order valence-corrected chi connectivity index (χ3v) is 28.1. The van der Waals surface area contributed by atoms with Crippen molar-refractivity contribution in [1.29, 1.82) is 0 Å². The summed E-state index contributed by atoms with van der Waals surface area (Å²) in [7, 11) is 23.7. The fourth-order valence-electron chi connectivity index (χ4n) is 23.4. The van der Waals surface area contributed by atoms with Gasteiger partial charge in [0.05, 0.1) is 12.2 Å². The number of hydrogen-bond acceptors (Lipinski definition) is 2. The number of methoxy groups -OCH3 is 2. The average molecular weight is 1610 g/mol. The molecule has 24 unspecified atom stereocenters. The Labute approximate surface area is 655 Å². The molecule has 0 radical (unpaired) electrons. The SMILES string of the molecule is COC1C(c2ccc(C(C)(C)C)cc2)C2CC(C)C(CC3C(C)CC4C(c5ccc(C(C)(C)C)cc5)CCCC34)C2CC1C(C)(C)C.COC1C(c2ccccc2)C2CC(C)C(CC3C(C)CC4C(c5ccc(C(C)(C)C)cc5)CCCC34)C2CC1C(C)(C)C.[CH3-].[CH3-].[CH3-].[CH3-].[Cl][Zr+2][Cl].[Cl][Zr+2][Cl]. The third kappa shape index (κ3) is 20.4. The zero-order valence-electron chi connectivity index (χ0n) is 67.9. The monoisotopic (exact) mass is 1600 g/mol. The van der Waals surface area contributed by atoms with E-state index in [4.69, 9.17) is 43.5 Å². The van der Waals surface area contributed by atoms with Crippen LogP contribution in [0, 0.1) is 147 Å². The van der Waals surface area contributed by atoms with Crippen LogP contribution in [0.4, 0.5) is 0 Å². The van der Waals surface area contributed by atoms with E-state index in [2.05, 4.69) is 235 Å². The summed E-state index contributed by atoms with van der Waals surface area (Å²) in [5.41, 5.74) is 11.8. The van der Waals surface area contributed by atoms with Gasteiger partial charge in [-0.15, -0.1) is 0 Å². The van der Waals surface area contributed by atoms with Crippen LogP contribution in [0.2, 0.25) is 0 Å². The zero-order valence-corrected chi connectivity index (χ0v) is 75.8. The standard InChI is InChI=1S/C46H70O.C42H62O.4CH3.4ClH.2Zr/c1-28-24-38-34(30-16-20-32(21-17-30)44(3,4)5)14-13-15-35(38)36(28)26-37-29(2)25-40-39(37)27-41(46(9,10)11)43(47-12)42(40)31-18-22-33(23-19-31)45(6,7)8;1-26-22-35-31(28-18-20-30(21-19-28)41(3,4)5)16-13-17-32(35)33(26)24-34-27(2)23-37-36(34)25-38(42(6,7)8)40(43-9)39(37)29-14-11-10-12-15-29;;;;;;;;;;/h16-23,28-29,34-43H,13-15,24-27H2,1-12H3;10-12,14-15,18-21,26-27,31-40H,13,16-17,22-25H2,1-9H3;4*1H3;4*1H;;/q;;4*-1;;;;;2*+4/p-4. The van der Waals surface area contributed by atoms with E-state index in [1.807, 2.05) is 14.2 Å². The van der Waals surface area contributed by atoms with Gasteiger partial charge in [-0.3, -0.25) is 0 Å². The molecule has 0 aliphatic heterocycles. The molecule has 8 aliphatic carbocycles. The molecule has 2 nitrogen and oxygen atoms in total. The summed E-state index contributed by atoms with van der Waals surface area (Å²) >= 11 is -1.65. The first-order valence-electron chi connectivity index (χ1n) is 38.5. The van der Waals surface area contributed by atoms with Crippen LogP contribution in [0.3, 0.4) is 0 Å². The summed E-state index contributed by atoms with van der Waals surface area (Å²) in [6.45, 7) is 46.4. The molecular weight excluding hydrogens is 1460 g/mol. The summed E-state index contributed by atoms with van der Waals surface area (Å²) < 4.78 is 13.1. The van der Waals surface area contributed by atoms with Crippen molar-refractivity contribution in [3.8, 4) is 0 Å². The molecule has 0 aromatic heterocycles. The Balaban J connectivity index is 0.000000323. The molecule has 0 amide bonds. The number of benzene rings is 4. The summed E-state index contributed by atoms with van der Waals surface area (Å²) in [6.07, 6.45) is 20.4. The molecule has 0 spiro atoms. The maximum atomic E-state index is 6.57. The van der Waals surface area contributed by atoms with Gasteiger partial charge in [0, 0.05) is 26.1 Å². The Bertz CT molecular complexity index is 3000. The Morgan fingerprint density at radius 2 is 0.610 bits per heavy atom. The van der Waals surface area contributed by atoms with E-state index in [9.17, 15) is 0 Å². The van der Waals surface area contributed by atoms with Crippen molar-refractivity contribution in [3.63, 3.8) is 0 Å². The Morgan fingerprint density at radius 1 is 0.340 bits per heavy atom. The number of rotatable bonds is 10. The molecule has 4 aromatic rings. The number of ether oxygens (including phenoxy) is 2. The van der Waals surface area contributed by atoms with E-state index in [1.54, 1.807) is 11.1 Å². The summed E-state index contributed by atoms with van der Waals surface area (Å²) in [6, 6.07) is 41.0. The molecule has 24 atom stereocenters. The molecule has 12 rings (SSSR count). The van der Waals surface area contributed by atoms with Crippen molar-refractivity contribution in [2.45, 2.75) is 274 Å². The van der Waals surface area contributed by atoms with Crippen molar-refractivity contribution in [3.05, 3.63) is 172 Å². The molecule has 0 heterocycles.